The highest BCUT2D eigenvalue weighted by atomic mass is 16.5. The molecule has 0 radical (unpaired) electrons. The summed E-state index contributed by atoms with van der Waals surface area (Å²) in [5, 5.41) is 7.00. The molecule has 1 saturated heterocycles. The zero-order valence-electron chi connectivity index (χ0n) is 12.6. The van der Waals surface area contributed by atoms with E-state index in [-0.39, 0.29) is 18.1 Å². The van der Waals surface area contributed by atoms with E-state index < -0.39 is 0 Å². The van der Waals surface area contributed by atoms with Gasteiger partial charge in [0.05, 0.1) is 6.10 Å². The summed E-state index contributed by atoms with van der Waals surface area (Å²) in [6.45, 7) is 3.15. The minimum Gasteiger partial charge on any atom is -0.373 e. The van der Waals surface area contributed by atoms with E-state index in [9.17, 15) is 4.79 Å². The zero-order chi connectivity index (χ0) is 15.4. The first-order valence-electron chi connectivity index (χ1n) is 7.54. The molecular formula is C16H20N4O2. The van der Waals surface area contributed by atoms with Gasteiger partial charge in [-0.1, -0.05) is 30.3 Å². The zero-order valence-corrected chi connectivity index (χ0v) is 12.6. The molecule has 1 fully saturated rings. The van der Waals surface area contributed by atoms with Crippen LogP contribution in [0.2, 0.25) is 0 Å². The van der Waals surface area contributed by atoms with Crippen molar-refractivity contribution in [3.8, 4) is 0 Å². The van der Waals surface area contributed by atoms with Crippen LogP contribution in [-0.2, 0) is 9.53 Å². The molecule has 116 valence electrons. The van der Waals surface area contributed by atoms with Crippen LogP contribution in [0.3, 0.4) is 0 Å². The van der Waals surface area contributed by atoms with E-state index in [1.165, 1.54) is 11.9 Å². The van der Waals surface area contributed by atoms with Crippen molar-refractivity contribution >= 4 is 5.91 Å². The van der Waals surface area contributed by atoms with Gasteiger partial charge in [0.15, 0.2) is 0 Å². The molecule has 22 heavy (non-hydrogen) atoms. The summed E-state index contributed by atoms with van der Waals surface area (Å²) in [7, 11) is 0. The van der Waals surface area contributed by atoms with Gasteiger partial charge in [-0.25, -0.2) is 9.67 Å². The number of benzene rings is 1. The Hall–Kier alpha value is -2.21. The lowest BCUT2D eigenvalue weighted by atomic mass is 9.95. The molecular weight excluding hydrogens is 280 g/mol. The van der Waals surface area contributed by atoms with Gasteiger partial charge in [0.1, 0.15) is 18.7 Å². The van der Waals surface area contributed by atoms with E-state index in [1.807, 2.05) is 25.1 Å². The van der Waals surface area contributed by atoms with Crippen LogP contribution in [0.5, 0.6) is 0 Å². The molecule has 3 rings (SSSR count). The fourth-order valence-electron chi connectivity index (χ4n) is 2.77. The van der Waals surface area contributed by atoms with Crippen molar-refractivity contribution in [2.45, 2.75) is 25.5 Å². The molecule has 0 saturated carbocycles. The highest BCUT2D eigenvalue weighted by molar-refractivity contribution is 5.79. The molecule has 1 aromatic heterocycles. The molecule has 0 bridgehead atoms. The SMILES string of the molecule is CC(C(=O)NC[C@H]1CCO[C@@H]1c1ccccc1)n1cncn1. The summed E-state index contributed by atoms with van der Waals surface area (Å²) < 4.78 is 7.39. The highest BCUT2D eigenvalue weighted by Gasteiger charge is 2.30. The number of hydrogen-bond acceptors (Lipinski definition) is 4. The number of carbonyl (C=O) groups is 1. The average molecular weight is 300 g/mol. The average Bonchev–Trinajstić information content (AvgIpc) is 3.24. The van der Waals surface area contributed by atoms with E-state index >= 15 is 0 Å². The minimum atomic E-state index is -0.361. The van der Waals surface area contributed by atoms with Crippen molar-refractivity contribution in [1.29, 1.82) is 0 Å². The maximum atomic E-state index is 12.2. The number of amides is 1. The summed E-state index contributed by atoms with van der Waals surface area (Å²) in [6, 6.07) is 9.81. The van der Waals surface area contributed by atoms with Crippen LogP contribution in [0.1, 0.15) is 31.1 Å². The summed E-state index contributed by atoms with van der Waals surface area (Å²) in [5.41, 5.74) is 1.17. The van der Waals surface area contributed by atoms with Crippen LogP contribution < -0.4 is 5.32 Å². The quantitative estimate of drug-likeness (QED) is 0.913. The summed E-state index contributed by atoms with van der Waals surface area (Å²) in [4.78, 5) is 16.1. The van der Waals surface area contributed by atoms with Gasteiger partial charge in [0.25, 0.3) is 0 Å². The molecule has 1 aromatic carbocycles. The maximum absolute atomic E-state index is 12.2. The lowest BCUT2D eigenvalue weighted by Gasteiger charge is -2.20. The smallest absolute Gasteiger partial charge is 0.244 e. The fraction of sp³-hybridized carbons (Fsp3) is 0.438. The van der Waals surface area contributed by atoms with E-state index in [0.29, 0.717) is 12.5 Å². The summed E-state index contributed by atoms with van der Waals surface area (Å²) in [6.07, 6.45) is 4.00. The van der Waals surface area contributed by atoms with E-state index in [0.717, 1.165) is 13.0 Å². The van der Waals surface area contributed by atoms with Crippen molar-refractivity contribution in [3.63, 3.8) is 0 Å². The fourth-order valence-corrected chi connectivity index (χ4v) is 2.77. The van der Waals surface area contributed by atoms with E-state index in [1.54, 1.807) is 11.0 Å². The van der Waals surface area contributed by atoms with Gasteiger partial charge in [-0.05, 0) is 18.9 Å². The molecule has 6 heteroatoms. The standard InChI is InChI=1S/C16H20N4O2/c1-12(20-11-17-10-19-20)16(21)18-9-14-7-8-22-15(14)13-5-3-2-4-6-13/h2-6,10-12,14-15H,7-9H2,1H3,(H,18,21)/t12?,14-,15-/m1/s1. The monoisotopic (exact) mass is 300 g/mol. The summed E-state index contributed by atoms with van der Waals surface area (Å²) in [5.74, 6) is 0.249. The molecule has 2 aromatic rings. The van der Waals surface area contributed by atoms with Crippen LogP contribution in [0.25, 0.3) is 0 Å². The Morgan fingerprint density at radius 3 is 3.00 bits per heavy atom. The molecule has 1 unspecified atom stereocenters. The Kier molecular flexibility index (Phi) is 4.48. The van der Waals surface area contributed by atoms with Crippen LogP contribution >= 0.6 is 0 Å². The lowest BCUT2D eigenvalue weighted by molar-refractivity contribution is -0.124. The normalized spacial score (nSPS) is 22.4. The number of nitrogens with one attached hydrogen (secondary N) is 1. The second kappa shape index (κ2) is 6.70. The molecule has 0 aliphatic carbocycles. The first kappa shape index (κ1) is 14.7. The van der Waals surface area contributed by atoms with Crippen molar-refractivity contribution in [2.75, 3.05) is 13.2 Å². The van der Waals surface area contributed by atoms with Crippen LogP contribution in [-0.4, -0.2) is 33.8 Å². The Labute approximate surface area is 129 Å². The molecule has 1 aliphatic heterocycles. The van der Waals surface area contributed by atoms with Crippen molar-refractivity contribution in [1.82, 2.24) is 20.1 Å². The Morgan fingerprint density at radius 1 is 1.45 bits per heavy atom. The van der Waals surface area contributed by atoms with Gasteiger partial charge in [0, 0.05) is 19.1 Å². The topological polar surface area (TPSA) is 69.0 Å². The Bertz CT molecular complexity index is 600. The van der Waals surface area contributed by atoms with Gasteiger partial charge >= 0.3 is 0 Å². The van der Waals surface area contributed by atoms with Crippen LogP contribution in [0.4, 0.5) is 0 Å². The second-order valence-corrected chi connectivity index (χ2v) is 5.55. The molecule has 1 N–H and O–H groups in total. The van der Waals surface area contributed by atoms with Crippen molar-refractivity contribution in [2.24, 2.45) is 5.92 Å². The first-order valence-corrected chi connectivity index (χ1v) is 7.54. The minimum absolute atomic E-state index is 0.0517. The molecule has 0 spiro atoms. The number of carbonyl (C=O) groups excluding carboxylic acids is 1. The number of nitrogens with zero attached hydrogens (tertiary/aromatic N) is 3. The van der Waals surface area contributed by atoms with Crippen molar-refractivity contribution < 1.29 is 9.53 Å². The summed E-state index contributed by atoms with van der Waals surface area (Å²) >= 11 is 0. The van der Waals surface area contributed by atoms with E-state index in [4.69, 9.17) is 4.74 Å². The Balaban J connectivity index is 1.57. The molecule has 2 heterocycles. The third-order valence-electron chi connectivity index (χ3n) is 4.09. The molecule has 1 amide bonds. The second-order valence-electron chi connectivity index (χ2n) is 5.55. The number of aromatic nitrogens is 3. The number of hydrogen-bond donors (Lipinski definition) is 1. The third kappa shape index (κ3) is 3.17. The largest absolute Gasteiger partial charge is 0.373 e. The van der Waals surface area contributed by atoms with E-state index in [2.05, 4.69) is 27.5 Å². The predicted molar refractivity (Wildman–Crippen MR) is 81.0 cm³/mol. The van der Waals surface area contributed by atoms with Crippen LogP contribution in [0.15, 0.2) is 43.0 Å². The molecule has 1 aliphatic rings. The van der Waals surface area contributed by atoms with Crippen molar-refractivity contribution in [3.05, 3.63) is 48.5 Å². The Morgan fingerprint density at radius 2 is 2.27 bits per heavy atom. The van der Waals surface area contributed by atoms with Gasteiger partial charge in [-0.15, -0.1) is 0 Å². The number of ether oxygens (including phenoxy) is 1. The predicted octanol–water partition coefficient (Wildman–Crippen LogP) is 1.73. The van der Waals surface area contributed by atoms with Gasteiger partial charge < -0.3 is 10.1 Å². The first-order chi connectivity index (χ1) is 10.8. The van der Waals surface area contributed by atoms with Crippen LogP contribution in [0, 0.1) is 5.92 Å². The molecule has 3 atom stereocenters. The third-order valence-corrected chi connectivity index (χ3v) is 4.09. The highest BCUT2D eigenvalue weighted by Crippen LogP contribution is 2.33. The van der Waals surface area contributed by atoms with Gasteiger partial charge in [-0.2, -0.15) is 5.10 Å². The molecule has 6 nitrogen and oxygen atoms in total. The number of rotatable bonds is 5. The van der Waals surface area contributed by atoms with Gasteiger partial charge in [0.2, 0.25) is 5.91 Å². The van der Waals surface area contributed by atoms with Gasteiger partial charge in [-0.3, -0.25) is 4.79 Å². The lowest BCUT2D eigenvalue weighted by Crippen LogP contribution is -2.35. The maximum Gasteiger partial charge on any atom is 0.244 e.